The summed E-state index contributed by atoms with van der Waals surface area (Å²) >= 11 is 0. The lowest BCUT2D eigenvalue weighted by Gasteiger charge is -2.29. The molecule has 1 fully saturated rings. The van der Waals surface area contributed by atoms with Crippen LogP contribution >= 0.6 is 0 Å². The molecule has 0 radical (unpaired) electrons. The fourth-order valence-electron chi connectivity index (χ4n) is 3.47. The van der Waals surface area contributed by atoms with Crippen molar-refractivity contribution < 1.29 is 33.8 Å². The van der Waals surface area contributed by atoms with E-state index in [0.717, 1.165) is 0 Å². The van der Waals surface area contributed by atoms with Crippen LogP contribution in [0.4, 0.5) is 0 Å². The van der Waals surface area contributed by atoms with E-state index in [1.165, 1.54) is 4.90 Å². The van der Waals surface area contributed by atoms with Crippen molar-refractivity contribution in [2.24, 2.45) is 0 Å². The van der Waals surface area contributed by atoms with Crippen molar-refractivity contribution >= 4 is 29.6 Å². The summed E-state index contributed by atoms with van der Waals surface area (Å²) in [5.41, 5.74) is 0.945. The molecule has 10 heteroatoms. The molecule has 3 N–H and O–H groups in total. The highest BCUT2D eigenvalue weighted by Crippen LogP contribution is 2.33. The molecule has 2 heterocycles. The largest absolute Gasteiger partial charge is 0.483 e. The van der Waals surface area contributed by atoms with Gasteiger partial charge in [-0.05, 0) is 25.5 Å². The lowest BCUT2D eigenvalue weighted by Crippen LogP contribution is -2.52. The molecule has 0 aromatic heterocycles. The molecule has 4 amide bonds. The summed E-state index contributed by atoms with van der Waals surface area (Å²) in [6.07, 6.45) is 0.209. The van der Waals surface area contributed by atoms with Crippen LogP contribution in [0.25, 0.3) is 0 Å². The number of aliphatic carboxylic acids is 1. The Balaban J connectivity index is 1.66. The Bertz CT molecular complexity index is 883. The van der Waals surface area contributed by atoms with Crippen LogP contribution in [-0.2, 0) is 25.7 Å². The molecular weight excluding hydrogens is 382 g/mol. The van der Waals surface area contributed by atoms with E-state index in [4.69, 9.17) is 9.84 Å². The summed E-state index contributed by atoms with van der Waals surface area (Å²) < 4.78 is 5.55. The average molecular weight is 403 g/mol. The Morgan fingerprint density at radius 1 is 1.34 bits per heavy atom. The molecule has 2 aliphatic heterocycles. The zero-order valence-electron chi connectivity index (χ0n) is 15.8. The Morgan fingerprint density at radius 3 is 2.79 bits per heavy atom. The number of nitrogens with one attached hydrogen (secondary N) is 2. The van der Waals surface area contributed by atoms with E-state index in [1.54, 1.807) is 25.1 Å². The Kier molecular flexibility index (Phi) is 5.81. The van der Waals surface area contributed by atoms with Crippen LogP contribution in [0.2, 0.25) is 0 Å². The molecule has 1 aromatic rings. The minimum Gasteiger partial charge on any atom is -0.483 e. The van der Waals surface area contributed by atoms with Crippen molar-refractivity contribution in [1.82, 2.24) is 15.5 Å². The summed E-state index contributed by atoms with van der Waals surface area (Å²) in [6, 6.07) is 3.57. The molecule has 1 aromatic carbocycles. The van der Waals surface area contributed by atoms with Crippen LogP contribution in [0.3, 0.4) is 0 Å². The molecule has 0 aliphatic carbocycles. The van der Waals surface area contributed by atoms with Gasteiger partial charge in [0.1, 0.15) is 11.8 Å². The molecule has 0 bridgehead atoms. The summed E-state index contributed by atoms with van der Waals surface area (Å²) in [5, 5.41) is 13.5. The SMILES string of the molecule is C[C@H](CC(=O)O)NC(=O)COc1cccc2c1CN(C1CCC(=O)NC1=O)C2=O. The first kappa shape index (κ1) is 20.3. The minimum absolute atomic E-state index is 0.133. The third kappa shape index (κ3) is 4.53. The first-order valence-corrected chi connectivity index (χ1v) is 9.16. The van der Waals surface area contributed by atoms with E-state index >= 15 is 0 Å². The fraction of sp³-hybridized carbons (Fsp3) is 0.421. The van der Waals surface area contributed by atoms with Crippen LogP contribution in [0.1, 0.15) is 42.1 Å². The molecule has 1 saturated heterocycles. The van der Waals surface area contributed by atoms with Gasteiger partial charge in [-0.15, -0.1) is 0 Å². The number of carbonyl (C=O) groups excluding carboxylic acids is 4. The quantitative estimate of drug-likeness (QED) is 0.536. The lowest BCUT2D eigenvalue weighted by molar-refractivity contribution is -0.138. The number of hydrogen-bond donors (Lipinski definition) is 3. The number of rotatable bonds is 7. The normalized spacial score (nSPS) is 19.4. The molecule has 2 atom stereocenters. The van der Waals surface area contributed by atoms with Gasteiger partial charge in [0.25, 0.3) is 11.8 Å². The van der Waals surface area contributed by atoms with E-state index < -0.39 is 29.9 Å². The number of imide groups is 1. The third-order valence-electron chi connectivity index (χ3n) is 4.79. The summed E-state index contributed by atoms with van der Waals surface area (Å²) in [5.74, 6) is -2.36. The predicted octanol–water partition coefficient (Wildman–Crippen LogP) is -0.194. The second-order valence-corrected chi connectivity index (χ2v) is 7.04. The van der Waals surface area contributed by atoms with Crippen LogP contribution in [0, 0.1) is 0 Å². The molecule has 1 unspecified atom stereocenters. The maximum Gasteiger partial charge on any atom is 0.305 e. The average Bonchev–Trinajstić information content (AvgIpc) is 2.96. The smallest absolute Gasteiger partial charge is 0.305 e. The molecule has 0 spiro atoms. The highest BCUT2D eigenvalue weighted by Gasteiger charge is 2.40. The molecule has 29 heavy (non-hydrogen) atoms. The van der Waals surface area contributed by atoms with Gasteiger partial charge in [-0.1, -0.05) is 6.07 Å². The van der Waals surface area contributed by atoms with Crippen molar-refractivity contribution in [2.45, 2.75) is 44.8 Å². The van der Waals surface area contributed by atoms with Crippen LogP contribution < -0.4 is 15.4 Å². The minimum atomic E-state index is -1.02. The highest BCUT2D eigenvalue weighted by atomic mass is 16.5. The van der Waals surface area contributed by atoms with E-state index in [-0.39, 0.29) is 44.2 Å². The van der Waals surface area contributed by atoms with Crippen molar-refractivity contribution in [3.8, 4) is 5.75 Å². The first-order chi connectivity index (χ1) is 13.8. The topological polar surface area (TPSA) is 142 Å². The summed E-state index contributed by atoms with van der Waals surface area (Å²) in [6.45, 7) is 1.36. The number of amides is 4. The Hall–Kier alpha value is -3.43. The van der Waals surface area contributed by atoms with Gasteiger partial charge in [0.05, 0.1) is 13.0 Å². The van der Waals surface area contributed by atoms with Gasteiger partial charge in [-0.25, -0.2) is 0 Å². The van der Waals surface area contributed by atoms with E-state index in [2.05, 4.69) is 10.6 Å². The number of carbonyl (C=O) groups is 5. The first-order valence-electron chi connectivity index (χ1n) is 9.16. The van der Waals surface area contributed by atoms with Gasteiger partial charge in [-0.2, -0.15) is 0 Å². The zero-order valence-corrected chi connectivity index (χ0v) is 15.8. The van der Waals surface area contributed by atoms with Gasteiger partial charge in [0.15, 0.2) is 6.61 Å². The van der Waals surface area contributed by atoms with E-state index in [9.17, 15) is 24.0 Å². The fourth-order valence-corrected chi connectivity index (χ4v) is 3.47. The van der Waals surface area contributed by atoms with Gasteiger partial charge >= 0.3 is 5.97 Å². The number of ether oxygens (including phenoxy) is 1. The number of carboxylic acid groups (broad SMARTS) is 1. The third-order valence-corrected chi connectivity index (χ3v) is 4.79. The van der Waals surface area contributed by atoms with Crippen LogP contribution in [0.5, 0.6) is 5.75 Å². The number of fused-ring (bicyclic) bond motifs is 1. The standard InChI is InChI=1S/C19H21N3O7/c1-10(7-17(25)26)20-16(24)9-29-14-4-2-3-11-12(14)8-22(19(11)28)13-5-6-15(23)21-18(13)27/h2-4,10,13H,5-9H2,1H3,(H,20,24)(H,25,26)(H,21,23,27)/t10-,13?/m1/s1. The second-order valence-electron chi connectivity index (χ2n) is 7.04. The van der Waals surface area contributed by atoms with Gasteiger partial charge in [-0.3, -0.25) is 29.3 Å². The summed E-state index contributed by atoms with van der Waals surface area (Å²) in [7, 11) is 0. The monoisotopic (exact) mass is 403 g/mol. The van der Waals surface area contributed by atoms with Gasteiger partial charge < -0.3 is 20.1 Å². The van der Waals surface area contributed by atoms with E-state index in [1.807, 2.05) is 0 Å². The van der Waals surface area contributed by atoms with Crippen molar-refractivity contribution in [3.05, 3.63) is 29.3 Å². The predicted molar refractivity (Wildman–Crippen MR) is 97.8 cm³/mol. The number of hydrogen-bond acceptors (Lipinski definition) is 6. The van der Waals surface area contributed by atoms with Crippen LogP contribution in [-0.4, -0.2) is 58.3 Å². The molecular formula is C19H21N3O7. The molecule has 154 valence electrons. The summed E-state index contributed by atoms with van der Waals surface area (Å²) in [4.78, 5) is 60.2. The van der Waals surface area contributed by atoms with E-state index in [0.29, 0.717) is 16.9 Å². The van der Waals surface area contributed by atoms with Crippen molar-refractivity contribution in [3.63, 3.8) is 0 Å². The van der Waals surface area contributed by atoms with Crippen molar-refractivity contribution in [2.75, 3.05) is 6.61 Å². The lowest BCUT2D eigenvalue weighted by atomic mass is 10.0. The van der Waals surface area contributed by atoms with Crippen LogP contribution in [0.15, 0.2) is 18.2 Å². The molecule has 2 aliphatic rings. The maximum atomic E-state index is 12.7. The van der Waals surface area contributed by atoms with Crippen molar-refractivity contribution in [1.29, 1.82) is 0 Å². The number of nitrogens with zero attached hydrogens (tertiary/aromatic N) is 1. The number of benzene rings is 1. The zero-order chi connectivity index (χ0) is 21.1. The van der Waals surface area contributed by atoms with Gasteiger partial charge in [0, 0.05) is 23.6 Å². The molecule has 10 nitrogen and oxygen atoms in total. The second kappa shape index (κ2) is 8.29. The molecule has 0 saturated carbocycles. The molecule has 3 rings (SSSR count). The van der Waals surface area contributed by atoms with Gasteiger partial charge in [0.2, 0.25) is 11.8 Å². The Morgan fingerprint density at radius 2 is 2.10 bits per heavy atom. The number of piperidine rings is 1. The highest BCUT2D eigenvalue weighted by molar-refractivity contribution is 6.05. The Labute approximate surface area is 166 Å². The number of carboxylic acids is 1. The maximum absolute atomic E-state index is 12.7.